The fourth-order valence-corrected chi connectivity index (χ4v) is 1.89. The van der Waals surface area contributed by atoms with Gasteiger partial charge in [-0.25, -0.2) is 0 Å². The Bertz CT molecular complexity index is 247. The lowest BCUT2D eigenvalue weighted by Crippen LogP contribution is -2.41. The van der Waals surface area contributed by atoms with Gasteiger partial charge in [-0.05, 0) is 26.3 Å². The second kappa shape index (κ2) is 4.97. The fourth-order valence-electron chi connectivity index (χ4n) is 1.89. The summed E-state index contributed by atoms with van der Waals surface area (Å²) in [4.78, 5) is 12.6. The molecule has 1 fully saturated rings. The highest BCUT2D eigenvalue weighted by Gasteiger charge is 2.24. The summed E-state index contributed by atoms with van der Waals surface area (Å²) < 4.78 is 0. The molecule has 1 heterocycles. The van der Waals surface area contributed by atoms with Gasteiger partial charge >= 0.3 is 5.97 Å². The summed E-state index contributed by atoms with van der Waals surface area (Å²) in [5.41, 5.74) is 0. The molecule has 0 aromatic rings. The highest BCUT2D eigenvalue weighted by atomic mass is 16.4. The number of hydrogen-bond acceptors (Lipinski definition) is 3. The molecule has 0 spiro atoms. The van der Waals surface area contributed by atoms with Crippen LogP contribution >= 0.6 is 0 Å². The van der Waals surface area contributed by atoms with E-state index in [1.165, 1.54) is 0 Å². The van der Waals surface area contributed by atoms with Gasteiger partial charge in [0.25, 0.3) is 0 Å². The lowest BCUT2D eigenvalue weighted by Gasteiger charge is -2.33. The van der Waals surface area contributed by atoms with Crippen LogP contribution in [0.15, 0.2) is 0 Å². The smallest absolute Gasteiger partial charge is 0.304 e. The zero-order chi connectivity index (χ0) is 10.6. The molecule has 14 heavy (non-hydrogen) atoms. The summed E-state index contributed by atoms with van der Waals surface area (Å²) in [5.74, 6) is -0.684. The normalized spacial score (nSPS) is 25.3. The third-order valence-electron chi connectivity index (χ3n) is 2.73. The quantitative estimate of drug-likeness (QED) is 0.733. The summed E-state index contributed by atoms with van der Waals surface area (Å²) in [6.45, 7) is 3.56. The molecule has 2 unspecified atom stereocenters. The number of rotatable bonds is 3. The minimum absolute atomic E-state index is 0.0450. The average Bonchev–Trinajstić information content (AvgIpc) is 2.17. The Morgan fingerprint density at radius 2 is 2.50 bits per heavy atom. The molecular formula is C10H16N2O2. The molecule has 0 radical (unpaired) electrons. The van der Waals surface area contributed by atoms with Crippen molar-refractivity contribution in [2.45, 2.75) is 32.2 Å². The van der Waals surface area contributed by atoms with Crippen molar-refractivity contribution >= 4 is 5.97 Å². The molecular weight excluding hydrogens is 180 g/mol. The lowest BCUT2D eigenvalue weighted by atomic mass is 9.98. The van der Waals surface area contributed by atoms with E-state index in [0.717, 1.165) is 25.9 Å². The van der Waals surface area contributed by atoms with Crippen molar-refractivity contribution in [3.05, 3.63) is 0 Å². The van der Waals surface area contributed by atoms with E-state index in [0.29, 0.717) is 0 Å². The van der Waals surface area contributed by atoms with Gasteiger partial charge in [0.1, 0.15) is 0 Å². The SMILES string of the molecule is CC(CC(=O)O)N1CCCC(C#N)C1. The molecule has 78 valence electrons. The van der Waals surface area contributed by atoms with Crippen LogP contribution in [0.3, 0.4) is 0 Å². The molecule has 0 amide bonds. The van der Waals surface area contributed by atoms with Gasteiger partial charge in [-0.1, -0.05) is 0 Å². The Kier molecular flexibility index (Phi) is 3.90. The number of carbonyl (C=O) groups is 1. The van der Waals surface area contributed by atoms with Crippen LogP contribution in [-0.4, -0.2) is 35.1 Å². The van der Waals surface area contributed by atoms with E-state index in [1.807, 2.05) is 6.92 Å². The van der Waals surface area contributed by atoms with Crippen molar-refractivity contribution in [1.82, 2.24) is 4.90 Å². The number of aliphatic carboxylic acids is 1. The first-order chi connectivity index (χ1) is 6.63. The van der Waals surface area contributed by atoms with Crippen LogP contribution < -0.4 is 0 Å². The van der Waals surface area contributed by atoms with Crippen LogP contribution in [0.25, 0.3) is 0 Å². The van der Waals surface area contributed by atoms with E-state index in [-0.39, 0.29) is 18.4 Å². The van der Waals surface area contributed by atoms with Crippen molar-refractivity contribution < 1.29 is 9.90 Å². The standard InChI is InChI=1S/C10H16N2O2/c1-8(5-10(13)14)12-4-2-3-9(6-11)7-12/h8-9H,2-5,7H2,1H3,(H,13,14). The van der Waals surface area contributed by atoms with Gasteiger partial charge in [0, 0.05) is 12.6 Å². The third-order valence-corrected chi connectivity index (χ3v) is 2.73. The molecule has 0 bridgehead atoms. The highest BCUT2D eigenvalue weighted by molar-refractivity contribution is 5.67. The number of likely N-dealkylation sites (tertiary alicyclic amines) is 1. The fraction of sp³-hybridized carbons (Fsp3) is 0.800. The summed E-state index contributed by atoms with van der Waals surface area (Å²) in [6, 6.07) is 2.30. The largest absolute Gasteiger partial charge is 0.481 e. The van der Waals surface area contributed by atoms with Crippen LogP contribution in [0.5, 0.6) is 0 Å². The molecule has 1 N–H and O–H groups in total. The van der Waals surface area contributed by atoms with E-state index in [2.05, 4.69) is 11.0 Å². The molecule has 1 saturated heterocycles. The summed E-state index contributed by atoms with van der Waals surface area (Å²) in [7, 11) is 0. The zero-order valence-electron chi connectivity index (χ0n) is 8.44. The van der Waals surface area contributed by atoms with E-state index in [1.54, 1.807) is 0 Å². The molecule has 0 aliphatic carbocycles. The molecule has 4 heteroatoms. The Hall–Kier alpha value is -1.08. The minimum atomic E-state index is -0.767. The monoisotopic (exact) mass is 196 g/mol. The number of nitrogens with zero attached hydrogens (tertiary/aromatic N) is 2. The van der Waals surface area contributed by atoms with Gasteiger partial charge < -0.3 is 5.11 Å². The maximum absolute atomic E-state index is 10.5. The Morgan fingerprint density at radius 3 is 3.07 bits per heavy atom. The van der Waals surface area contributed by atoms with E-state index < -0.39 is 5.97 Å². The number of carboxylic acid groups (broad SMARTS) is 1. The first-order valence-electron chi connectivity index (χ1n) is 4.99. The second-order valence-corrected chi connectivity index (χ2v) is 3.91. The zero-order valence-corrected chi connectivity index (χ0v) is 8.44. The van der Waals surface area contributed by atoms with Crippen LogP contribution in [-0.2, 0) is 4.79 Å². The molecule has 0 aromatic carbocycles. The average molecular weight is 196 g/mol. The molecule has 4 nitrogen and oxygen atoms in total. The van der Waals surface area contributed by atoms with Crippen LogP contribution in [0.4, 0.5) is 0 Å². The van der Waals surface area contributed by atoms with Crippen molar-refractivity contribution in [2.75, 3.05) is 13.1 Å². The maximum Gasteiger partial charge on any atom is 0.304 e. The summed E-state index contributed by atoms with van der Waals surface area (Å²) in [5, 5.41) is 17.4. The van der Waals surface area contributed by atoms with Crippen molar-refractivity contribution in [3.63, 3.8) is 0 Å². The number of carboxylic acids is 1. The Morgan fingerprint density at radius 1 is 1.79 bits per heavy atom. The molecule has 1 aliphatic rings. The first-order valence-corrected chi connectivity index (χ1v) is 4.99. The van der Waals surface area contributed by atoms with E-state index in [9.17, 15) is 4.79 Å². The maximum atomic E-state index is 10.5. The van der Waals surface area contributed by atoms with Gasteiger partial charge in [-0.3, -0.25) is 9.69 Å². The Balaban J connectivity index is 2.43. The van der Waals surface area contributed by atoms with Crippen molar-refractivity contribution in [1.29, 1.82) is 5.26 Å². The third kappa shape index (κ3) is 3.00. The topological polar surface area (TPSA) is 64.3 Å². The van der Waals surface area contributed by atoms with Crippen LogP contribution in [0.1, 0.15) is 26.2 Å². The van der Waals surface area contributed by atoms with Crippen LogP contribution in [0, 0.1) is 17.2 Å². The van der Waals surface area contributed by atoms with Gasteiger partial charge in [0.2, 0.25) is 0 Å². The summed E-state index contributed by atoms with van der Waals surface area (Å²) >= 11 is 0. The number of hydrogen-bond donors (Lipinski definition) is 1. The highest BCUT2D eigenvalue weighted by Crippen LogP contribution is 2.18. The minimum Gasteiger partial charge on any atom is -0.481 e. The van der Waals surface area contributed by atoms with Crippen molar-refractivity contribution in [3.8, 4) is 6.07 Å². The lowest BCUT2D eigenvalue weighted by molar-refractivity contribution is -0.138. The van der Waals surface area contributed by atoms with Crippen LogP contribution in [0.2, 0.25) is 0 Å². The molecule has 1 rings (SSSR count). The number of piperidine rings is 1. The molecule has 1 aliphatic heterocycles. The van der Waals surface area contributed by atoms with Gasteiger partial charge in [-0.2, -0.15) is 5.26 Å². The second-order valence-electron chi connectivity index (χ2n) is 3.91. The van der Waals surface area contributed by atoms with E-state index >= 15 is 0 Å². The van der Waals surface area contributed by atoms with E-state index in [4.69, 9.17) is 10.4 Å². The molecule has 2 atom stereocenters. The van der Waals surface area contributed by atoms with Gasteiger partial charge in [-0.15, -0.1) is 0 Å². The van der Waals surface area contributed by atoms with Crippen molar-refractivity contribution in [2.24, 2.45) is 5.92 Å². The van der Waals surface area contributed by atoms with Gasteiger partial charge in [0.15, 0.2) is 0 Å². The first kappa shape index (κ1) is 11.0. The number of nitriles is 1. The predicted octanol–water partition coefficient (Wildman–Crippen LogP) is 1.09. The molecule has 0 saturated carbocycles. The Labute approximate surface area is 84.1 Å². The van der Waals surface area contributed by atoms with Gasteiger partial charge in [0.05, 0.1) is 18.4 Å². The predicted molar refractivity (Wildman–Crippen MR) is 51.6 cm³/mol. The molecule has 0 aromatic heterocycles. The summed E-state index contributed by atoms with van der Waals surface area (Å²) in [6.07, 6.45) is 2.12.